The summed E-state index contributed by atoms with van der Waals surface area (Å²) in [6.45, 7) is 4.33. The van der Waals surface area contributed by atoms with Crippen molar-refractivity contribution in [1.82, 2.24) is 14.5 Å². The highest BCUT2D eigenvalue weighted by Gasteiger charge is 2.12. The molecule has 3 heteroatoms. The summed E-state index contributed by atoms with van der Waals surface area (Å²) in [7, 11) is 0. The third-order valence-corrected chi connectivity index (χ3v) is 4.60. The number of hydrogen-bond donors (Lipinski definition) is 0. The van der Waals surface area contributed by atoms with Crippen LogP contribution in [-0.4, -0.2) is 14.5 Å². The lowest BCUT2D eigenvalue weighted by Gasteiger charge is -2.09. The number of rotatable bonds is 4. The Morgan fingerprint density at radius 1 is 0.880 bits per heavy atom. The quantitative estimate of drug-likeness (QED) is 0.515. The normalized spacial score (nSPS) is 11.1. The van der Waals surface area contributed by atoms with Crippen LogP contribution in [0, 0.1) is 0 Å². The van der Waals surface area contributed by atoms with E-state index in [9.17, 15) is 0 Å². The SMILES string of the molecule is CCc1ccc(-n2c(CC)nc3cc(-c4ccccn4)ccc32)cc1. The van der Waals surface area contributed by atoms with E-state index < -0.39 is 0 Å². The summed E-state index contributed by atoms with van der Waals surface area (Å²) in [6.07, 6.45) is 3.77. The summed E-state index contributed by atoms with van der Waals surface area (Å²) in [5, 5.41) is 0. The highest BCUT2D eigenvalue weighted by Crippen LogP contribution is 2.26. The Hall–Kier alpha value is -2.94. The van der Waals surface area contributed by atoms with Crippen LogP contribution in [0.1, 0.15) is 25.2 Å². The fourth-order valence-electron chi connectivity index (χ4n) is 3.23. The largest absolute Gasteiger partial charge is 0.296 e. The van der Waals surface area contributed by atoms with E-state index in [1.807, 2.05) is 24.4 Å². The molecule has 4 rings (SSSR count). The maximum Gasteiger partial charge on any atom is 0.114 e. The van der Waals surface area contributed by atoms with Gasteiger partial charge in [-0.25, -0.2) is 4.98 Å². The van der Waals surface area contributed by atoms with Crippen LogP contribution in [0.25, 0.3) is 28.0 Å². The first-order chi connectivity index (χ1) is 12.3. The zero-order chi connectivity index (χ0) is 17.2. The van der Waals surface area contributed by atoms with Gasteiger partial charge >= 0.3 is 0 Å². The van der Waals surface area contributed by atoms with Crippen molar-refractivity contribution in [2.75, 3.05) is 0 Å². The number of aryl methyl sites for hydroxylation is 2. The van der Waals surface area contributed by atoms with Crippen LogP contribution in [0.4, 0.5) is 0 Å². The number of imidazole rings is 1. The van der Waals surface area contributed by atoms with Gasteiger partial charge in [-0.15, -0.1) is 0 Å². The molecule has 0 bridgehead atoms. The average molecular weight is 327 g/mol. The number of aromatic nitrogens is 3. The van der Waals surface area contributed by atoms with Gasteiger partial charge in [-0.05, 0) is 48.4 Å². The van der Waals surface area contributed by atoms with Gasteiger partial charge in [-0.1, -0.05) is 38.1 Å². The summed E-state index contributed by atoms with van der Waals surface area (Å²) in [6, 6.07) is 21.2. The molecule has 0 aliphatic carbocycles. The van der Waals surface area contributed by atoms with Crippen LogP contribution in [0.15, 0.2) is 66.9 Å². The Morgan fingerprint density at radius 3 is 2.40 bits per heavy atom. The van der Waals surface area contributed by atoms with E-state index in [1.165, 1.54) is 11.3 Å². The van der Waals surface area contributed by atoms with E-state index in [2.05, 4.69) is 65.9 Å². The molecule has 0 fully saturated rings. The van der Waals surface area contributed by atoms with E-state index in [0.717, 1.165) is 41.0 Å². The van der Waals surface area contributed by atoms with Gasteiger partial charge in [0.15, 0.2) is 0 Å². The topological polar surface area (TPSA) is 30.7 Å². The molecule has 0 radical (unpaired) electrons. The molecule has 0 aliphatic rings. The first-order valence-electron chi connectivity index (χ1n) is 8.82. The highest BCUT2D eigenvalue weighted by atomic mass is 15.1. The molecule has 2 aromatic heterocycles. The molecule has 0 atom stereocenters. The maximum absolute atomic E-state index is 4.87. The first-order valence-corrected chi connectivity index (χ1v) is 8.82. The van der Waals surface area contributed by atoms with E-state index in [1.54, 1.807) is 0 Å². The molecule has 124 valence electrons. The van der Waals surface area contributed by atoms with Crippen molar-refractivity contribution in [3.8, 4) is 16.9 Å². The van der Waals surface area contributed by atoms with Gasteiger partial charge in [-0.2, -0.15) is 0 Å². The minimum Gasteiger partial charge on any atom is -0.296 e. The van der Waals surface area contributed by atoms with Crippen molar-refractivity contribution >= 4 is 11.0 Å². The standard InChI is InChI=1S/C22H21N3/c1-3-16-8-11-18(12-9-16)25-21-13-10-17(19-7-5-6-14-23-19)15-20(21)24-22(25)4-2/h5-15H,3-4H2,1-2H3. The predicted octanol–water partition coefficient (Wildman–Crippen LogP) is 5.21. The molecule has 0 aliphatic heterocycles. The third kappa shape index (κ3) is 2.82. The van der Waals surface area contributed by atoms with Gasteiger partial charge in [-0.3, -0.25) is 9.55 Å². The molecule has 3 nitrogen and oxygen atoms in total. The molecule has 25 heavy (non-hydrogen) atoms. The smallest absolute Gasteiger partial charge is 0.114 e. The molecule has 0 spiro atoms. The van der Waals surface area contributed by atoms with Gasteiger partial charge < -0.3 is 0 Å². The molecule has 2 heterocycles. The molecule has 0 unspecified atom stereocenters. The predicted molar refractivity (Wildman–Crippen MR) is 103 cm³/mol. The maximum atomic E-state index is 4.87. The lowest BCUT2D eigenvalue weighted by atomic mass is 10.1. The van der Waals surface area contributed by atoms with Gasteiger partial charge in [0.05, 0.1) is 16.7 Å². The second kappa shape index (κ2) is 6.52. The Bertz CT molecular complexity index is 999. The van der Waals surface area contributed by atoms with Gasteiger partial charge in [0.25, 0.3) is 0 Å². The van der Waals surface area contributed by atoms with Crippen LogP contribution in [0.5, 0.6) is 0 Å². The van der Waals surface area contributed by atoms with E-state index in [-0.39, 0.29) is 0 Å². The molecule has 0 saturated carbocycles. The van der Waals surface area contributed by atoms with Crippen LogP contribution < -0.4 is 0 Å². The third-order valence-electron chi connectivity index (χ3n) is 4.60. The van der Waals surface area contributed by atoms with E-state index in [0.29, 0.717) is 0 Å². The molecular formula is C22H21N3. The lowest BCUT2D eigenvalue weighted by Crippen LogP contribution is -2.00. The van der Waals surface area contributed by atoms with Crippen molar-refractivity contribution < 1.29 is 0 Å². The van der Waals surface area contributed by atoms with Crippen molar-refractivity contribution in [2.24, 2.45) is 0 Å². The van der Waals surface area contributed by atoms with E-state index in [4.69, 9.17) is 4.98 Å². The minimum atomic E-state index is 0.892. The Balaban J connectivity index is 1.86. The van der Waals surface area contributed by atoms with Crippen molar-refractivity contribution in [3.63, 3.8) is 0 Å². The summed E-state index contributed by atoms with van der Waals surface area (Å²) < 4.78 is 2.26. The average Bonchev–Trinajstić information content (AvgIpc) is 3.06. The lowest BCUT2D eigenvalue weighted by molar-refractivity contribution is 0.907. The monoisotopic (exact) mass is 327 g/mol. The zero-order valence-electron chi connectivity index (χ0n) is 14.6. The summed E-state index contributed by atoms with van der Waals surface area (Å²) in [5.41, 5.74) is 6.75. The number of nitrogens with zero attached hydrogens (tertiary/aromatic N) is 3. The highest BCUT2D eigenvalue weighted by molar-refractivity contribution is 5.83. The molecule has 0 saturated heterocycles. The number of fused-ring (bicyclic) bond motifs is 1. The second-order valence-corrected chi connectivity index (χ2v) is 6.16. The fourth-order valence-corrected chi connectivity index (χ4v) is 3.23. The minimum absolute atomic E-state index is 0.892. The second-order valence-electron chi connectivity index (χ2n) is 6.16. The fraction of sp³-hybridized carbons (Fsp3) is 0.182. The van der Waals surface area contributed by atoms with Crippen LogP contribution >= 0.6 is 0 Å². The summed E-state index contributed by atoms with van der Waals surface area (Å²) in [4.78, 5) is 9.32. The van der Waals surface area contributed by atoms with E-state index >= 15 is 0 Å². The number of hydrogen-bond acceptors (Lipinski definition) is 2. The Kier molecular flexibility index (Phi) is 4.06. The summed E-state index contributed by atoms with van der Waals surface area (Å²) in [5.74, 6) is 1.08. The van der Waals surface area contributed by atoms with Gasteiger partial charge in [0, 0.05) is 23.9 Å². The van der Waals surface area contributed by atoms with Crippen LogP contribution in [0.2, 0.25) is 0 Å². The van der Waals surface area contributed by atoms with Crippen molar-refractivity contribution in [2.45, 2.75) is 26.7 Å². The Morgan fingerprint density at radius 2 is 1.72 bits per heavy atom. The van der Waals surface area contributed by atoms with Gasteiger partial charge in [0.2, 0.25) is 0 Å². The molecule has 2 aromatic carbocycles. The first kappa shape index (κ1) is 15.6. The molecule has 0 N–H and O–H groups in total. The molecular weight excluding hydrogens is 306 g/mol. The van der Waals surface area contributed by atoms with Crippen LogP contribution in [0.3, 0.4) is 0 Å². The van der Waals surface area contributed by atoms with Crippen LogP contribution in [-0.2, 0) is 12.8 Å². The van der Waals surface area contributed by atoms with Crippen molar-refractivity contribution in [1.29, 1.82) is 0 Å². The molecule has 0 amide bonds. The Labute approximate surface area is 148 Å². The summed E-state index contributed by atoms with van der Waals surface area (Å²) >= 11 is 0. The molecule has 4 aromatic rings. The van der Waals surface area contributed by atoms with Crippen molar-refractivity contribution in [3.05, 3.63) is 78.2 Å². The van der Waals surface area contributed by atoms with Gasteiger partial charge in [0.1, 0.15) is 5.82 Å². The number of benzene rings is 2. The number of pyridine rings is 1. The zero-order valence-corrected chi connectivity index (χ0v) is 14.6.